The van der Waals surface area contributed by atoms with Crippen LogP contribution >= 0.6 is 0 Å². The molecule has 0 spiro atoms. The quantitative estimate of drug-likeness (QED) is 0.487. The average Bonchev–Trinajstić information content (AvgIpc) is 2.91. The second-order valence-electron chi connectivity index (χ2n) is 7.53. The zero-order valence-electron chi connectivity index (χ0n) is 19.0. The van der Waals surface area contributed by atoms with Gasteiger partial charge in [0.05, 0.1) is 26.4 Å². The molecule has 0 unspecified atom stereocenters. The Morgan fingerprint density at radius 1 is 0.853 bits per heavy atom. The first-order valence-electron chi connectivity index (χ1n) is 10.7. The van der Waals surface area contributed by atoms with Crippen molar-refractivity contribution in [3.63, 3.8) is 0 Å². The number of carbonyl (C=O) groups excluding carboxylic acids is 2. The van der Waals surface area contributed by atoms with Crippen molar-refractivity contribution < 1.29 is 28.5 Å². The van der Waals surface area contributed by atoms with Crippen LogP contribution in [0.2, 0.25) is 0 Å². The predicted molar refractivity (Wildman–Crippen MR) is 127 cm³/mol. The van der Waals surface area contributed by atoms with E-state index in [1.165, 1.54) is 14.2 Å². The number of hydrogen-bond donors (Lipinski definition) is 0. The molecule has 7 nitrogen and oxygen atoms in total. The smallest absolute Gasteiger partial charge is 0.355 e. The van der Waals surface area contributed by atoms with Crippen LogP contribution in [0.3, 0.4) is 0 Å². The highest BCUT2D eigenvalue weighted by Crippen LogP contribution is 2.33. The number of benzene rings is 3. The molecular weight excluding hydrogens is 434 g/mol. The Labute approximate surface area is 198 Å². The van der Waals surface area contributed by atoms with Gasteiger partial charge in [0.25, 0.3) is 0 Å². The SMILES string of the molecule is COC(=O)C1=C(C(=O)OC)N(c2ccc(-c3ccccc3OCc3ccccc3)cc2)COC1. The lowest BCUT2D eigenvalue weighted by atomic mass is 10.0. The fraction of sp³-hybridized carbons (Fsp3) is 0.185. The molecule has 0 atom stereocenters. The molecule has 0 aromatic heterocycles. The third kappa shape index (κ3) is 4.94. The molecule has 1 aliphatic rings. The zero-order chi connectivity index (χ0) is 23.9. The van der Waals surface area contributed by atoms with Crippen LogP contribution in [0.4, 0.5) is 5.69 Å². The maximum absolute atomic E-state index is 12.5. The van der Waals surface area contributed by atoms with Gasteiger partial charge < -0.3 is 23.8 Å². The molecule has 0 fully saturated rings. The Morgan fingerprint density at radius 3 is 2.24 bits per heavy atom. The van der Waals surface area contributed by atoms with E-state index in [2.05, 4.69) is 0 Å². The molecule has 174 valence electrons. The van der Waals surface area contributed by atoms with E-state index in [1.807, 2.05) is 78.9 Å². The largest absolute Gasteiger partial charge is 0.488 e. The lowest BCUT2D eigenvalue weighted by molar-refractivity contribution is -0.140. The fourth-order valence-corrected chi connectivity index (χ4v) is 3.73. The van der Waals surface area contributed by atoms with E-state index in [0.29, 0.717) is 12.3 Å². The maximum Gasteiger partial charge on any atom is 0.355 e. The summed E-state index contributed by atoms with van der Waals surface area (Å²) in [7, 11) is 2.53. The van der Waals surface area contributed by atoms with E-state index in [9.17, 15) is 9.59 Å². The molecule has 1 heterocycles. The van der Waals surface area contributed by atoms with Gasteiger partial charge in [-0.15, -0.1) is 0 Å². The molecule has 3 aromatic rings. The van der Waals surface area contributed by atoms with E-state index in [0.717, 1.165) is 22.4 Å². The first-order valence-corrected chi connectivity index (χ1v) is 10.7. The third-order valence-corrected chi connectivity index (χ3v) is 5.45. The summed E-state index contributed by atoms with van der Waals surface area (Å²) in [5.74, 6) is -0.498. The lowest BCUT2D eigenvalue weighted by Crippen LogP contribution is -2.38. The minimum atomic E-state index is -0.633. The van der Waals surface area contributed by atoms with Gasteiger partial charge in [-0.3, -0.25) is 0 Å². The summed E-state index contributed by atoms with van der Waals surface area (Å²) in [6, 6.07) is 25.4. The monoisotopic (exact) mass is 459 g/mol. The summed E-state index contributed by atoms with van der Waals surface area (Å²) in [5, 5.41) is 0. The number of nitrogens with zero attached hydrogens (tertiary/aromatic N) is 1. The van der Waals surface area contributed by atoms with Crippen LogP contribution in [0.5, 0.6) is 5.75 Å². The van der Waals surface area contributed by atoms with Gasteiger partial charge in [0.1, 0.15) is 24.8 Å². The standard InChI is InChI=1S/C27H25NO6/c1-31-26(29)23-17-33-18-28(25(23)27(30)32-2)21-14-12-20(13-15-21)22-10-6-7-11-24(22)34-16-19-8-4-3-5-9-19/h3-15H,16-18H2,1-2H3. The van der Waals surface area contributed by atoms with Crippen LogP contribution in [-0.2, 0) is 30.4 Å². The molecular formula is C27H25NO6. The number of anilines is 1. The summed E-state index contributed by atoms with van der Waals surface area (Å²) >= 11 is 0. The Hall–Kier alpha value is -4.10. The third-order valence-electron chi connectivity index (χ3n) is 5.45. The van der Waals surface area contributed by atoms with Gasteiger partial charge in [-0.1, -0.05) is 60.7 Å². The molecule has 0 saturated carbocycles. The number of esters is 2. The van der Waals surface area contributed by atoms with Crippen molar-refractivity contribution in [1.82, 2.24) is 0 Å². The summed E-state index contributed by atoms with van der Waals surface area (Å²) < 4.78 is 21.4. The summed E-state index contributed by atoms with van der Waals surface area (Å²) in [6.45, 7) is 0.531. The van der Waals surface area contributed by atoms with Crippen LogP contribution in [0.25, 0.3) is 11.1 Å². The Morgan fingerprint density at radius 2 is 1.53 bits per heavy atom. The van der Waals surface area contributed by atoms with Gasteiger partial charge in [0.15, 0.2) is 0 Å². The molecule has 3 aromatic carbocycles. The summed E-state index contributed by atoms with van der Waals surface area (Å²) in [6.07, 6.45) is 0. The number of para-hydroxylation sites is 1. The van der Waals surface area contributed by atoms with Crippen molar-refractivity contribution in [2.24, 2.45) is 0 Å². The number of rotatable bonds is 7. The second-order valence-corrected chi connectivity index (χ2v) is 7.53. The minimum Gasteiger partial charge on any atom is -0.488 e. The van der Waals surface area contributed by atoms with Gasteiger partial charge >= 0.3 is 11.9 Å². The van der Waals surface area contributed by atoms with Gasteiger partial charge in [-0.05, 0) is 29.3 Å². The molecule has 0 aliphatic carbocycles. The molecule has 7 heteroatoms. The molecule has 0 radical (unpaired) electrons. The Bertz CT molecular complexity index is 1190. The Balaban J connectivity index is 1.61. The van der Waals surface area contributed by atoms with Gasteiger partial charge in [0, 0.05) is 11.3 Å². The average molecular weight is 459 g/mol. The van der Waals surface area contributed by atoms with Crippen molar-refractivity contribution in [2.45, 2.75) is 6.61 Å². The number of ether oxygens (including phenoxy) is 4. The summed E-state index contributed by atoms with van der Waals surface area (Å²) in [4.78, 5) is 26.3. The maximum atomic E-state index is 12.5. The second kappa shape index (κ2) is 10.7. The van der Waals surface area contributed by atoms with Gasteiger partial charge in [-0.25, -0.2) is 9.59 Å². The zero-order valence-corrected chi connectivity index (χ0v) is 19.0. The van der Waals surface area contributed by atoms with Gasteiger partial charge in [-0.2, -0.15) is 0 Å². The van der Waals surface area contributed by atoms with Crippen molar-refractivity contribution >= 4 is 17.6 Å². The van der Waals surface area contributed by atoms with Crippen molar-refractivity contribution in [3.05, 3.63) is 95.7 Å². The fourth-order valence-electron chi connectivity index (χ4n) is 3.73. The highest BCUT2D eigenvalue weighted by atomic mass is 16.5. The molecule has 0 saturated heterocycles. The predicted octanol–water partition coefficient (Wildman–Crippen LogP) is 4.33. The number of carbonyl (C=O) groups is 2. The van der Waals surface area contributed by atoms with E-state index >= 15 is 0 Å². The number of methoxy groups -OCH3 is 2. The molecule has 0 bridgehead atoms. The topological polar surface area (TPSA) is 74.3 Å². The normalized spacial score (nSPS) is 13.4. The highest BCUT2D eigenvalue weighted by Gasteiger charge is 2.32. The first kappa shape index (κ1) is 23.1. The van der Waals surface area contributed by atoms with Crippen LogP contribution in [0.15, 0.2) is 90.1 Å². The molecule has 0 N–H and O–H groups in total. The van der Waals surface area contributed by atoms with Crippen molar-refractivity contribution in [3.8, 4) is 16.9 Å². The van der Waals surface area contributed by atoms with E-state index in [-0.39, 0.29) is 24.6 Å². The van der Waals surface area contributed by atoms with E-state index in [1.54, 1.807) is 4.90 Å². The molecule has 0 amide bonds. The number of hydrogen-bond acceptors (Lipinski definition) is 7. The summed E-state index contributed by atoms with van der Waals surface area (Å²) in [5.41, 5.74) is 3.87. The van der Waals surface area contributed by atoms with Crippen LogP contribution in [0, 0.1) is 0 Å². The molecule has 34 heavy (non-hydrogen) atoms. The molecule has 1 aliphatic heterocycles. The van der Waals surface area contributed by atoms with Crippen LogP contribution in [-0.4, -0.2) is 39.5 Å². The van der Waals surface area contributed by atoms with Crippen molar-refractivity contribution in [2.75, 3.05) is 32.5 Å². The van der Waals surface area contributed by atoms with Crippen LogP contribution in [0.1, 0.15) is 5.56 Å². The highest BCUT2D eigenvalue weighted by molar-refractivity contribution is 6.03. The lowest BCUT2D eigenvalue weighted by Gasteiger charge is -2.31. The minimum absolute atomic E-state index is 0.0299. The van der Waals surface area contributed by atoms with Crippen LogP contribution < -0.4 is 9.64 Å². The van der Waals surface area contributed by atoms with E-state index in [4.69, 9.17) is 18.9 Å². The van der Waals surface area contributed by atoms with Gasteiger partial charge in [0.2, 0.25) is 0 Å². The Kier molecular flexibility index (Phi) is 7.25. The van der Waals surface area contributed by atoms with Crippen molar-refractivity contribution in [1.29, 1.82) is 0 Å². The first-order chi connectivity index (χ1) is 16.6. The molecule has 4 rings (SSSR count). The van der Waals surface area contributed by atoms with E-state index < -0.39 is 11.9 Å².